The summed E-state index contributed by atoms with van der Waals surface area (Å²) < 4.78 is 34.3. The van der Waals surface area contributed by atoms with Crippen molar-refractivity contribution in [1.82, 2.24) is 5.32 Å². The molecule has 17 atom stereocenters. The molecule has 0 radical (unpaired) electrons. The summed E-state index contributed by atoms with van der Waals surface area (Å²) in [5, 5.41) is 120. The second-order valence-electron chi connectivity index (χ2n) is 23.2. The molecular weight excluding hydrogens is 1080 g/mol. The Labute approximate surface area is 503 Å². The Morgan fingerprint density at radius 2 is 0.833 bits per heavy atom. The molecule has 19 heteroatoms. The molecule has 3 aliphatic rings. The highest BCUT2D eigenvalue weighted by atomic mass is 16.8. The van der Waals surface area contributed by atoms with E-state index in [9.17, 15) is 61.0 Å². The third-order valence-electron chi connectivity index (χ3n) is 16.0. The summed E-state index contributed by atoms with van der Waals surface area (Å²) in [5.41, 5.74) is 0. The maximum absolute atomic E-state index is 13.3. The number of aliphatic hydroxyl groups excluding tert-OH is 11. The molecule has 17 unspecified atom stereocenters. The Morgan fingerprint density at radius 3 is 1.33 bits per heavy atom. The van der Waals surface area contributed by atoms with E-state index in [4.69, 9.17) is 28.4 Å². The van der Waals surface area contributed by atoms with Crippen LogP contribution < -0.4 is 5.32 Å². The van der Waals surface area contributed by atoms with Crippen LogP contribution in [0.1, 0.15) is 213 Å². The van der Waals surface area contributed by atoms with Crippen LogP contribution in [0.2, 0.25) is 0 Å². The Morgan fingerprint density at radius 1 is 0.440 bits per heavy atom. The van der Waals surface area contributed by atoms with Gasteiger partial charge >= 0.3 is 0 Å². The van der Waals surface area contributed by atoms with Crippen LogP contribution in [0.4, 0.5) is 0 Å². The van der Waals surface area contributed by atoms with E-state index < -0.39 is 124 Å². The zero-order chi connectivity index (χ0) is 61.2. The van der Waals surface area contributed by atoms with E-state index in [1.807, 2.05) is 6.08 Å². The molecule has 84 heavy (non-hydrogen) atoms. The zero-order valence-corrected chi connectivity index (χ0v) is 51.1. The molecule has 0 aliphatic carbocycles. The van der Waals surface area contributed by atoms with Gasteiger partial charge in [-0.15, -0.1) is 0 Å². The summed E-state index contributed by atoms with van der Waals surface area (Å²) >= 11 is 0. The summed E-state index contributed by atoms with van der Waals surface area (Å²) in [6.07, 6.45) is 29.2. The van der Waals surface area contributed by atoms with Gasteiger partial charge in [0.05, 0.1) is 38.6 Å². The minimum Gasteiger partial charge on any atom is -0.394 e. The topological polar surface area (TPSA) is 307 Å². The SMILES string of the molecule is CC/C=C\C/C=C\C/C=C\CCCCCCCC(=O)NC(COC1OC(CO)C(OC2OC(CO)C(OC3OC(CO)C(O)C(O)C3O)C(O)C2O)C(O)C1O)C(O)/C=C/CC/C=C/CCCCCCCCCCCCCCCCCCCC. The predicted molar refractivity (Wildman–Crippen MR) is 323 cm³/mol. The van der Waals surface area contributed by atoms with Crippen molar-refractivity contribution in [2.45, 2.75) is 317 Å². The highest BCUT2D eigenvalue weighted by molar-refractivity contribution is 5.76. The van der Waals surface area contributed by atoms with E-state index in [-0.39, 0.29) is 18.9 Å². The van der Waals surface area contributed by atoms with Crippen LogP contribution in [0.5, 0.6) is 0 Å². The van der Waals surface area contributed by atoms with Crippen LogP contribution in [0, 0.1) is 0 Å². The number of carbonyl (C=O) groups is 1. The van der Waals surface area contributed by atoms with Crippen LogP contribution in [-0.2, 0) is 33.2 Å². The van der Waals surface area contributed by atoms with Crippen molar-refractivity contribution < 1.29 is 89.4 Å². The number of unbranched alkanes of at least 4 members (excludes halogenated alkanes) is 24. The molecule has 0 aromatic heterocycles. The molecule has 19 nitrogen and oxygen atoms in total. The minimum absolute atomic E-state index is 0.214. The number of aliphatic hydroxyl groups is 11. The highest BCUT2D eigenvalue weighted by Crippen LogP contribution is 2.33. The van der Waals surface area contributed by atoms with E-state index in [0.29, 0.717) is 12.8 Å². The quantitative estimate of drug-likeness (QED) is 0.0211. The van der Waals surface area contributed by atoms with Crippen molar-refractivity contribution >= 4 is 5.91 Å². The van der Waals surface area contributed by atoms with Crippen LogP contribution >= 0.6 is 0 Å². The molecule has 3 saturated heterocycles. The Kier molecular flexibility index (Phi) is 42.8. The van der Waals surface area contributed by atoms with Gasteiger partial charge < -0.3 is 89.9 Å². The predicted octanol–water partition coefficient (Wildman–Crippen LogP) is 7.21. The lowest BCUT2D eigenvalue weighted by Crippen LogP contribution is -2.66. The summed E-state index contributed by atoms with van der Waals surface area (Å²) in [6.45, 7) is 1.58. The lowest BCUT2D eigenvalue weighted by Gasteiger charge is -2.48. The van der Waals surface area contributed by atoms with Gasteiger partial charge in [0, 0.05) is 6.42 Å². The zero-order valence-electron chi connectivity index (χ0n) is 51.1. The average Bonchev–Trinajstić information content (AvgIpc) is 2.81. The molecule has 0 saturated carbocycles. The third-order valence-corrected chi connectivity index (χ3v) is 16.0. The van der Waals surface area contributed by atoms with Crippen molar-refractivity contribution in [3.8, 4) is 0 Å². The number of rotatable bonds is 48. The summed E-state index contributed by atoms with van der Waals surface area (Å²) in [5.74, 6) is -0.304. The molecule has 3 fully saturated rings. The van der Waals surface area contributed by atoms with Crippen molar-refractivity contribution in [3.05, 3.63) is 60.8 Å². The first kappa shape index (κ1) is 75.7. The fourth-order valence-corrected chi connectivity index (χ4v) is 10.8. The fourth-order valence-electron chi connectivity index (χ4n) is 10.8. The molecule has 0 aromatic carbocycles. The van der Waals surface area contributed by atoms with Crippen LogP contribution in [-0.4, -0.2) is 193 Å². The first-order chi connectivity index (χ1) is 40.8. The van der Waals surface area contributed by atoms with E-state index in [0.717, 1.165) is 70.6 Å². The summed E-state index contributed by atoms with van der Waals surface area (Å²) in [7, 11) is 0. The molecule has 0 spiro atoms. The number of amides is 1. The monoisotopic (exact) mass is 1200 g/mol. The van der Waals surface area contributed by atoms with Gasteiger partial charge in [-0.05, 0) is 64.2 Å². The van der Waals surface area contributed by atoms with E-state index in [1.54, 1.807) is 6.08 Å². The number of ether oxygens (including phenoxy) is 6. The first-order valence-electron chi connectivity index (χ1n) is 32.5. The van der Waals surface area contributed by atoms with Gasteiger partial charge in [-0.1, -0.05) is 203 Å². The lowest BCUT2D eigenvalue weighted by molar-refractivity contribution is -0.379. The third kappa shape index (κ3) is 30.1. The van der Waals surface area contributed by atoms with E-state index in [1.165, 1.54) is 109 Å². The Hall–Kier alpha value is -2.51. The standard InChI is InChI=1S/C65H115NO18/c1-3-5-7-9-11-13-15-17-19-20-21-22-23-24-25-26-27-29-30-32-34-36-38-40-42-49(70)48(66-53(71)43-41-39-37-35-33-31-28-18-16-14-12-10-8-6-4-2)47-79-63-59(77)56(74)61(51(45-68)81-63)84-65-60(78)57(75)62(52(46-69)82-65)83-64-58(76)55(73)54(72)50(44-67)80-64/h6,8,12,14,18,28,32,34,40,42,48-52,54-65,67-70,72-78H,3-5,7,9-11,13,15-17,19-27,29-31,33,35-39,41,43-47H2,1-2H3,(H,66,71)/b8-6-,14-12-,28-18-,34-32+,42-40+. The number of nitrogens with one attached hydrogen (secondary N) is 1. The van der Waals surface area contributed by atoms with Crippen molar-refractivity contribution in [2.24, 2.45) is 0 Å². The highest BCUT2D eigenvalue weighted by Gasteiger charge is 2.53. The van der Waals surface area contributed by atoms with Gasteiger partial charge in [-0.25, -0.2) is 0 Å². The van der Waals surface area contributed by atoms with Gasteiger partial charge in [0.25, 0.3) is 0 Å². The minimum atomic E-state index is -1.98. The van der Waals surface area contributed by atoms with Gasteiger partial charge in [0.1, 0.15) is 73.2 Å². The van der Waals surface area contributed by atoms with Gasteiger partial charge in [0.15, 0.2) is 18.9 Å². The summed E-state index contributed by atoms with van der Waals surface area (Å²) in [6, 6.07) is -1.00. The first-order valence-corrected chi connectivity index (χ1v) is 32.5. The molecule has 3 rings (SSSR count). The second-order valence-corrected chi connectivity index (χ2v) is 23.2. The molecule has 3 heterocycles. The molecule has 3 aliphatic heterocycles. The molecule has 0 aromatic rings. The smallest absolute Gasteiger partial charge is 0.220 e. The number of carbonyl (C=O) groups excluding carboxylic acids is 1. The van der Waals surface area contributed by atoms with Crippen LogP contribution in [0.15, 0.2) is 60.8 Å². The van der Waals surface area contributed by atoms with Crippen molar-refractivity contribution in [3.63, 3.8) is 0 Å². The Bertz CT molecular complexity index is 1770. The van der Waals surface area contributed by atoms with Crippen molar-refractivity contribution in [1.29, 1.82) is 0 Å². The number of hydrogen-bond acceptors (Lipinski definition) is 18. The molecule has 488 valence electrons. The maximum atomic E-state index is 13.3. The lowest BCUT2D eigenvalue weighted by atomic mass is 9.96. The molecule has 1 amide bonds. The van der Waals surface area contributed by atoms with Crippen LogP contribution in [0.25, 0.3) is 0 Å². The summed E-state index contributed by atoms with van der Waals surface area (Å²) in [4.78, 5) is 13.3. The number of hydrogen-bond donors (Lipinski definition) is 12. The number of allylic oxidation sites excluding steroid dienone is 9. The average molecular weight is 1200 g/mol. The molecular formula is C65H115NO18. The second kappa shape index (κ2) is 47.5. The van der Waals surface area contributed by atoms with E-state index in [2.05, 4.69) is 67.8 Å². The fraction of sp³-hybridized carbons (Fsp3) is 0.831. The normalized spacial score (nSPS) is 29.6. The van der Waals surface area contributed by atoms with Crippen molar-refractivity contribution in [2.75, 3.05) is 26.4 Å². The van der Waals surface area contributed by atoms with Crippen LogP contribution in [0.3, 0.4) is 0 Å². The van der Waals surface area contributed by atoms with Gasteiger partial charge in [-0.2, -0.15) is 0 Å². The molecule has 0 bridgehead atoms. The molecule has 12 N–H and O–H groups in total. The largest absolute Gasteiger partial charge is 0.394 e. The van der Waals surface area contributed by atoms with Gasteiger partial charge in [0.2, 0.25) is 5.91 Å². The van der Waals surface area contributed by atoms with E-state index >= 15 is 0 Å². The maximum Gasteiger partial charge on any atom is 0.220 e. The van der Waals surface area contributed by atoms with Gasteiger partial charge in [-0.3, -0.25) is 4.79 Å². The Balaban J connectivity index is 1.48.